The van der Waals surface area contributed by atoms with Crippen LogP contribution < -0.4 is 0 Å². The van der Waals surface area contributed by atoms with Gasteiger partial charge < -0.3 is 20.4 Å². The smallest absolute Gasteiger partial charge is 0.204 e. The molecule has 94 valence electrons. The van der Waals surface area contributed by atoms with Crippen LogP contribution in [-0.2, 0) is 0 Å². The van der Waals surface area contributed by atoms with E-state index in [1.54, 1.807) is 0 Å². The van der Waals surface area contributed by atoms with Crippen molar-refractivity contribution in [1.29, 1.82) is 0 Å². The number of benzene rings is 2. The van der Waals surface area contributed by atoms with Crippen LogP contribution in [0, 0.1) is 11.6 Å². The molecule has 0 aliphatic carbocycles. The van der Waals surface area contributed by atoms with Gasteiger partial charge in [0.2, 0.25) is 5.82 Å². The summed E-state index contributed by atoms with van der Waals surface area (Å²) in [5.41, 5.74) is -0.471. The van der Waals surface area contributed by atoms with Crippen molar-refractivity contribution in [1.82, 2.24) is 0 Å². The van der Waals surface area contributed by atoms with Gasteiger partial charge in [-0.1, -0.05) is 0 Å². The van der Waals surface area contributed by atoms with Crippen molar-refractivity contribution in [2.45, 2.75) is 0 Å². The normalized spacial score (nSPS) is 10.6. The SMILES string of the molecule is Oc1ccc(O)c(-c2cc(F)c(F)c(O)c2O)c1. The van der Waals surface area contributed by atoms with Gasteiger partial charge in [0, 0.05) is 11.1 Å². The first-order valence-corrected chi connectivity index (χ1v) is 4.84. The van der Waals surface area contributed by atoms with E-state index < -0.39 is 23.1 Å². The van der Waals surface area contributed by atoms with Gasteiger partial charge in [0.1, 0.15) is 11.5 Å². The number of phenols is 4. The fourth-order valence-corrected chi connectivity index (χ4v) is 1.55. The van der Waals surface area contributed by atoms with Gasteiger partial charge >= 0.3 is 0 Å². The van der Waals surface area contributed by atoms with Crippen molar-refractivity contribution in [2.24, 2.45) is 0 Å². The molecular weight excluding hydrogens is 246 g/mol. The molecule has 0 amide bonds. The summed E-state index contributed by atoms with van der Waals surface area (Å²) in [5, 5.41) is 37.5. The summed E-state index contributed by atoms with van der Waals surface area (Å²) in [6.07, 6.45) is 0. The van der Waals surface area contributed by atoms with Crippen molar-refractivity contribution >= 4 is 0 Å². The molecule has 18 heavy (non-hydrogen) atoms. The van der Waals surface area contributed by atoms with E-state index >= 15 is 0 Å². The molecule has 0 spiro atoms. The minimum atomic E-state index is -1.59. The van der Waals surface area contributed by atoms with Crippen molar-refractivity contribution in [3.63, 3.8) is 0 Å². The predicted octanol–water partition coefficient (Wildman–Crippen LogP) is 2.45. The summed E-state index contributed by atoms with van der Waals surface area (Å²) in [7, 11) is 0. The van der Waals surface area contributed by atoms with E-state index in [1.165, 1.54) is 6.07 Å². The van der Waals surface area contributed by atoms with Gasteiger partial charge in [-0.3, -0.25) is 0 Å². The fraction of sp³-hybridized carbons (Fsp3) is 0. The molecule has 0 bridgehead atoms. The van der Waals surface area contributed by atoms with Crippen molar-refractivity contribution in [3.05, 3.63) is 35.9 Å². The van der Waals surface area contributed by atoms with E-state index in [2.05, 4.69) is 0 Å². The number of hydrogen-bond acceptors (Lipinski definition) is 4. The lowest BCUT2D eigenvalue weighted by molar-refractivity contribution is 0.365. The van der Waals surface area contributed by atoms with Crippen LogP contribution in [0.15, 0.2) is 24.3 Å². The molecule has 2 aromatic rings. The maximum Gasteiger partial charge on any atom is 0.204 e. The molecule has 2 aromatic carbocycles. The fourth-order valence-electron chi connectivity index (χ4n) is 1.55. The Morgan fingerprint density at radius 2 is 1.44 bits per heavy atom. The second kappa shape index (κ2) is 4.06. The van der Waals surface area contributed by atoms with Crippen LogP contribution >= 0.6 is 0 Å². The Kier molecular flexibility index (Phi) is 2.70. The molecule has 4 nitrogen and oxygen atoms in total. The summed E-state index contributed by atoms with van der Waals surface area (Å²) in [6.45, 7) is 0. The lowest BCUT2D eigenvalue weighted by Gasteiger charge is -2.10. The highest BCUT2D eigenvalue weighted by Gasteiger charge is 2.20. The molecule has 0 radical (unpaired) electrons. The minimum Gasteiger partial charge on any atom is -0.508 e. The molecule has 0 atom stereocenters. The van der Waals surface area contributed by atoms with Gasteiger partial charge in [-0.05, 0) is 24.3 Å². The zero-order chi connectivity index (χ0) is 13.4. The standard InChI is InChI=1S/C12H8F2O4/c13-8-4-7(11(17)12(18)10(8)14)6-3-5(15)1-2-9(6)16/h1-4,15-18H. The van der Waals surface area contributed by atoms with Crippen molar-refractivity contribution < 1.29 is 29.2 Å². The summed E-state index contributed by atoms with van der Waals surface area (Å²) in [5.74, 6) is -5.76. The first-order chi connectivity index (χ1) is 8.41. The van der Waals surface area contributed by atoms with E-state index in [9.17, 15) is 29.2 Å². The Morgan fingerprint density at radius 1 is 0.778 bits per heavy atom. The number of rotatable bonds is 1. The first kappa shape index (κ1) is 12.0. The first-order valence-electron chi connectivity index (χ1n) is 4.84. The highest BCUT2D eigenvalue weighted by molar-refractivity contribution is 5.78. The Labute approximate surface area is 100.0 Å². The second-order valence-electron chi connectivity index (χ2n) is 3.62. The van der Waals surface area contributed by atoms with Crippen molar-refractivity contribution in [3.8, 4) is 34.1 Å². The average Bonchev–Trinajstić information content (AvgIpc) is 2.34. The second-order valence-corrected chi connectivity index (χ2v) is 3.62. The summed E-state index contributed by atoms with van der Waals surface area (Å²) < 4.78 is 26.1. The summed E-state index contributed by atoms with van der Waals surface area (Å²) in [6, 6.07) is 3.94. The number of halogens is 2. The summed E-state index contributed by atoms with van der Waals surface area (Å²) >= 11 is 0. The zero-order valence-electron chi connectivity index (χ0n) is 8.85. The zero-order valence-corrected chi connectivity index (χ0v) is 8.85. The van der Waals surface area contributed by atoms with Gasteiger partial charge in [0.25, 0.3) is 0 Å². The molecule has 0 saturated carbocycles. The molecule has 0 heterocycles. The molecule has 0 aliphatic heterocycles. The molecule has 6 heteroatoms. The number of aromatic hydroxyl groups is 4. The van der Waals surface area contributed by atoms with Crippen LogP contribution in [-0.4, -0.2) is 20.4 Å². The van der Waals surface area contributed by atoms with Crippen LogP contribution in [0.3, 0.4) is 0 Å². The van der Waals surface area contributed by atoms with E-state index in [-0.39, 0.29) is 22.6 Å². The Bertz CT molecular complexity index is 626. The molecule has 0 aliphatic rings. The van der Waals surface area contributed by atoms with Crippen LogP contribution in [0.25, 0.3) is 11.1 Å². The maximum absolute atomic E-state index is 13.1. The molecule has 0 fully saturated rings. The molecular formula is C12H8F2O4. The molecule has 0 saturated heterocycles. The number of hydrogen-bond donors (Lipinski definition) is 4. The van der Waals surface area contributed by atoms with Crippen LogP contribution in [0.4, 0.5) is 8.78 Å². The monoisotopic (exact) mass is 254 g/mol. The molecule has 2 rings (SSSR count). The van der Waals surface area contributed by atoms with Gasteiger partial charge in [0.05, 0.1) is 0 Å². The highest BCUT2D eigenvalue weighted by atomic mass is 19.2. The quantitative estimate of drug-likeness (QED) is 0.465. The van der Waals surface area contributed by atoms with Crippen LogP contribution in [0.5, 0.6) is 23.0 Å². The van der Waals surface area contributed by atoms with Gasteiger partial charge in [-0.15, -0.1) is 0 Å². The molecule has 0 unspecified atom stereocenters. The average molecular weight is 254 g/mol. The maximum atomic E-state index is 13.1. The van der Waals surface area contributed by atoms with E-state index in [0.717, 1.165) is 12.1 Å². The van der Waals surface area contributed by atoms with Crippen molar-refractivity contribution in [2.75, 3.05) is 0 Å². The lowest BCUT2D eigenvalue weighted by atomic mass is 10.0. The van der Waals surface area contributed by atoms with E-state index in [0.29, 0.717) is 6.07 Å². The third-order valence-electron chi connectivity index (χ3n) is 2.44. The van der Waals surface area contributed by atoms with E-state index in [4.69, 9.17) is 0 Å². The highest BCUT2D eigenvalue weighted by Crippen LogP contribution is 2.43. The Morgan fingerprint density at radius 3 is 2.11 bits per heavy atom. The lowest BCUT2D eigenvalue weighted by Crippen LogP contribution is -1.89. The van der Waals surface area contributed by atoms with Crippen LogP contribution in [0.2, 0.25) is 0 Å². The van der Waals surface area contributed by atoms with Crippen LogP contribution in [0.1, 0.15) is 0 Å². The molecule has 0 aromatic heterocycles. The number of phenolic OH excluding ortho intramolecular Hbond substituents is 4. The largest absolute Gasteiger partial charge is 0.508 e. The van der Waals surface area contributed by atoms with Gasteiger partial charge in [-0.25, -0.2) is 4.39 Å². The van der Waals surface area contributed by atoms with E-state index in [1.807, 2.05) is 0 Å². The minimum absolute atomic E-state index is 0.137. The third-order valence-corrected chi connectivity index (χ3v) is 2.44. The Hall–Kier alpha value is -2.50. The third kappa shape index (κ3) is 1.77. The van der Waals surface area contributed by atoms with Gasteiger partial charge in [0.15, 0.2) is 17.3 Å². The Balaban J connectivity index is 2.75. The topological polar surface area (TPSA) is 80.9 Å². The predicted molar refractivity (Wildman–Crippen MR) is 58.5 cm³/mol. The van der Waals surface area contributed by atoms with Gasteiger partial charge in [-0.2, -0.15) is 4.39 Å². The molecule has 4 N–H and O–H groups in total. The summed E-state index contributed by atoms with van der Waals surface area (Å²) in [4.78, 5) is 0.